The van der Waals surface area contributed by atoms with Gasteiger partial charge in [-0.05, 0) is 27.3 Å². The van der Waals surface area contributed by atoms with Crippen LogP contribution in [0.15, 0.2) is 6.20 Å². The topological polar surface area (TPSA) is 28.2 Å². The molecule has 1 aromatic rings. The molecular formula is C11H21N3S. The molecule has 0 fully saturated rings. The Labute approximate surface area is 96.5 Å². The van der Waals surface area contributed by atoms with Crippen molar-refractivity contribution in [1.29, 1.82) is 0 Å². The van der Waals surface area contributed by atoms with Crippen molar-refractivity contribution in [2.45, 2.75) is 40.3 Å². The van der Waals surface area contributed by atoms with Crippen LogP contribution in [0.25, 0.3) is 0 Å². The molecule has 0 atom stereocenters. The van der Waals surface area contributed by atoms with E-state index in [1.54, 1.807) is 11.3 Å². The Morgan fingerprint density at radius 3 is 2.73 bits per heavy atom. The maximum Gasteiger partial charge on any atom is 0.182 e. The predicted octanol–water partition coefficient (Wildman–Crippen LogP) is 2.81. The molecular weight excluding hydrogens is 206 g/mol. The Bertz CT molecular complexity index is 283. The fraction of sp³-hybridized carbons (Fsp3) is 0.727. The lowest BCUT2D eigenvalue weighted by molar-refractivity contribution is 0.227. The highest BCUT2D eigenvalue weighted by Crippen LogP contribution is 2.20. The van der Waals surface area contributed by atoms with E-state index in [-0.39, 0.29) is 0 Å². The van der Waals surface area contributed by atoms with Crippen LogP contribution < -0.4 is 5.32 Å². The van der Waals surface area contributed by atoms with Gasteiger partial charge in [-0.1, -0.05) is 6.92 Å². The first kappa shape index (κ1) is 12.5. The third-order valence-corrected chi connectivity index (χ3v) is 3.32. The molecule has 1 aromatic heterocycles. The van der Waals surface area contributed by atoms with Crippen molar-refractivity contribution in [2.24, 2.45) is 0 Å². The first-order chi connectivity index (χ1) is 7.17. The van der Waals surface area contributed by atoms with Gasteiger partial charge < -0.3 is 5.32 Å². The highest BCUT2D eigenvalue weighted by Gasteiger charge is 2.09. The minimum atomic E-state index is 0.597. The van der Waals surface area contributed by atoms with Gasteiger partial charge in [0.05, 0.1) is 0 Å². The molecule has 86 valence electrons. The molecule has 0 unspecified atom stereocenters. The highest BCUT2D eigenvalue weighted by molar-refractivity contribution is 7.15. The van der Waals surface area contributed by atoms with Crippen LogP contribution in [-0.4, -0.2) is 29.0 Å². The number of anilines is 1. The molecule has 0 amide bonds. The lowest BCUT2D eigenvalue weighted by atomic mass is 10.3. The Morgan fingerprint density at radius 2 is 2.20 bits per heavy atom. The molecule has 0 aliphatic heterocycles. The average Bonchev–Trinajstić information content (AvgIpc) is 2.62. The zero-order valence-corrected chi connectivity index (χ0v) is 10.9. The lowest BCUT2D eigenvalue weighted by Gasteiger charge is -2.23. The fourth-order valence-corrected chi connectivity index (χ4v) is 2.38. The molecule has 0 aromatic carbocycles. The number of aromatic nitrogens is 1. The lowest BCUT2D eigenvalue weighted by Crippen LogP contribution is -2.29. The molecule has 0 aliphatic rings. The molecule has 0 bridgehead atoms. The van der Waals surface area contributed by atoms with Crippen LogP contribution in [0.1, 0.15) is 32.6 Å². The summed E-state index contributed by atoms with van der Waals surface area (Å²) in [7, 11) is 0. The van der Waals surface area contributed by atoms with Gasteiger partial charge >= 0.3 is 0 Å². The Balaban J connectivity index is 2.55. The molecule has 0 aliphatic carbocycles. The Kier molecular flexibility index (Phi) is 5.05. The summed E-state index contributed by atoms with van der Waals surface area (Å²) < 4.78 is 0. The van der Waals surface area contributed by atoms with Gasteiger partial charge in [0.15, 0.2) is 5.13 Å². The van der Waals surface area contributed by atoms with Gasteiger partial charge in [0.2, 0.25) is 0 Å². The van der Waals surface area contributed by atoms with Gasteiger partial charge in [0, 0.05) is 30.2 Å². The van der Waals surface area contributed by atoms with Gasteiger partial charge in [-0.15, -0.1) is 11.3 Å². The van der Waals surface area contributed by atoms with Crippen LogP contribution in [0.2, 0.25) is 0 Å². The van der Waals surface area contributed by atoms with E-state index in [4.69, 9.17) is 0 Å². The minimum absolute atomic E-state index is 0.597. The van der Waals surface area contributed by atoms with Crippen molar-refractivity contribution in [3.05, 3.63) is 11.1 Å². The average molecular weight is 227 g/mol. The summed E-state index contributed by atoms with van der Waals surface area (Å²) in [5, 5.41) is 4.27. The molecule has 0 saturated heterocycles. The van der Waals surface area contributed by atoms with Crippen molar-refractivity contribution in [1.82, 2.24) is 9.88 Å². The van der Waals surface area contributed by atoms with E-state index in [9.17, 15) is 0 Å². The van der Waals surface area contributed by atoms with Crippen LogP contribution in [0.5, 0.6) is 0 Å². The number of nitrogens with one attached hydrogen (secondary N) is 1. The molecule has 0 saturated carbocycles. The first-order valence-corrected chi connectivity index (χ1v) is 6.41. The summed E-state index contributed by atoms with van der Waals surface area (Å²) in [6.45, 7) is 11.8. The number of hydrogen-bond donors (Lipinski definition) is 1. The molecule has 15 heavy (non-hydrogen) atoms. The Hall–Kier alpha value is -0.610. The molecule has 3 nitrogen and oxygen atoms in total. The second kappa shape index (κ2) is 6.08. The SMILES string of the molecule is CCNc1ncc(CN(CC)C(C)C)s1. The second-order valence-electron chi connectivity index (χ2n) is 3.82. The quantitative estimate of drug-likeness (QED) is 0.810. The van der Waals surface area contributed by atoms with E-state index < -0.39 is 0 Å². The van der Waals surface area contributed by atoms with Crippen LogP contribution in [0, 0.1) is 0 Å². The van der Waals surface area contributed by atoms with Crippen LogP contribution in [-0.2, 0) is 6.54 Å². The largest absolute Gasteiger partial charge is 0.362 e. The fourth-order valence-electron chi connectivity index (χ4n) is 1.47. The van der Waals surface area contributed by atoms with E-state index >= 15 is 0 Å². The summed E-state index contributed by atoms with van der Waals surface area (Å²) in [6.07, 6.45) is 1.98. The second-order valence-corrected chi connectivity index (χ2v) is 4.93. The van der Waals surface area contributed by atoms with Crippen molar-refractivity contribution in [3.63, 3.8) is 0 Å². The van der Waals surface area contributed by atoms with Gasteiger partial charge in [-0.25, -0.2) is 4.98 Å². The molecule has 1 rings (SSSR count). The third kappa shape index (κ3) is 3.80. The normalized spacial score (nSPS) is 11.3. The zero-order valence-electron chi connectivity index (χ0n) is 10.1. The zero-order chi connectivity index (χ0) is 11.3. The van der Waals surface area contributed by atoms with Gasteiger partial charge in [0.25, 0.3) is 0 Å². The molecule has 0 radical (unpaired) electrons. The minimum Gasteiger partial charge on any atom is -0.362 e. The highest BCUT2D eigenvalue weighted by atomic mass is 32.1. The smallest absolute Gasteiger partial charge is 0.182 e. The standard InChI is InChI=1S/C11H21N3S/c1-5-12-11-13-7-10(15-11)8-14(6-2)9(3)4/h7,9H,5-6,8H2,1-4H3,(H,12,13). The van der Waals surface area contributed by atoms with Crippen molar-refractivity contribution in [3.8, 4) is 0 Å². The van der Waals surface area contributed by atoms with Gasteiger partial charge in [0.1, 0.15) is 0 Å². The van der Waals surface area contributed by atoms with E-state index in [2.05, 4.69) is 42.9 Å². The van der Waals surface area contributed by atoms with E-state index in [0.29, 0.717) is 6.04 Å². The monoisotopic (exact) mass is 227 g/mol. The maximum atomic E-state index is 4.33. The maximum absolute atomic E-state index is 4.33. The molecule has 4 heteroatoms. The third-order valence-electron chi connectivity index (χ3n) is 2.38. The van der Waals surface area contributed by atoms with Crippen molar-refractivity contribution in [2.75, 3.05) is 18.4 Å². The van der Waals surface area contributed by atoms with Crippen LogP contribution in [0.4, 0.5) is 5.13 Å². The summed E-state index contributed by atoms with van der Waals surface area (Å²) in [4.78, 5) is 8.10. The number of thiazole rings is 1. The predicted molar refractivity (Wildman–Crippen MR) is 67.5 cm³/mol. The number of hydrogen-bond acceptors (Lipinski definition) is 4. The summed E-state index contributed by atoms with van der Waals surface area (Å²) in [6, 6.07) is 0.597. The Morgan fingerprint density at radius 1 is 1.47 bits per heavy atom. The summed E-state index contributed by atoms with van der Waals surface area (Å²) >= 11 is 1.75. The molecule has 0 spiro atoms. The molecule has 1 N–H and O–H groups in total. The van der Waals surface area contributed by atoms with Gasteiger partial charge in [-0.3, -0.25) is 4.90 Å². The van der Waals surface area contributed by atoms with E-state index in [1.165, 1.54) is 4.88 Å². The van der Waals surface area contributed by atoms with Crippen molar-refractivity contribution >= 4 is 16.5 Å². The number of rotatable bonds is 6. The van der Waals surface area contributed by atoms with E-state index in [0.717, 1.165) is 24.8 Å². The van der Waals surface area contributed by atoms with Gasteiger partial charge in [-0.2, -0.15) is 0 Å². The van der Waals surface area contributed by atoms with Crippen LogP contribution >= 0.6 is 11.3 Å². The summed E-state index contributed by atoms with van der Waals surface area (Å²) in [5.41, 5.74) is 0. The first-order valence-electron chi connectivity index (χ1n) is 5.60. The summed E-state index contributed by atoms with van der Waals surface area (Å²) in [5.74, 6) is 0. The number of nitrogens with zero attached hydrogens (tertiary/aromatic N) is 2. The van der Waals surface area contributed by atoms with Crippen LogP contribution in [0.3, 0.4) is 0 Å². The molecule has 1 heterocycles. The van der Waals surface area contributed by atoms with Crippen molar-refractivity contribution < 1.29 is 0 Å². The van der Waals surface area contributed by atoms with E-state index in [1.807, 2.05) is 6.20 Å².